The molecule has 0 saturated carbocycles. The molecule has 6 heteroatoms. The molecule has 0 amide bonds. The minimum absolute atomic E-state index is 0.253. The van der Waals surface area contributed by atoms with Crippen LogP contribution in [0.3, 0.4) is 0 Å². The monoisotopic (exact) mass is 448 g/mol. The third-order valence-corrected chi connectivity index (χ3v) is 4.81. The molecule has 0 aliphatic carbocycles. The van der Waals surface area contributed by atoms with Crippen LogP contribution >= 0.6 is 0 Å². The fraction of sp³-hybridized carbons (Fsp3) is 1.00. The molecule has 0 spiro atoms. The predicted molar refractivity (Wildman–Crippen MR) is 127 cm³/mol. The molecule has 0 aromatic heterocycles. The Labute approximate surface area is 192 Å². The van der Waals surface area contributed by atoms with Crippen molar-refractivity contribution >= 4 is 0 Å². The molecule has 31 heavy (non-hydrogen) atoms. The molecule has 0 radical (unpaired) electrons. The second-order valence-electron chi connectivity index (χ2n) is 8.16. The average Bonchev–Trinajstić information content (AvgIpc) is 2.76. The molecular formula is C25H52O6. The zero-order chi connectivity index (χ0) is 22.7. The van der Waals surface area contributed by atoms with E-state index < -0.39 is 0 Å². The topological polar surface area (TPSA) is 55.4 Å². The van der Waals surface area contributed by atoms with E-state index in [2.05, 4.69) is 6.92 Å². The molecule has 0 heterocycles. The number of hydrogen-bond acceptors (Lipinski definition) is 6. The van der Waals surface area contributed by atoms with Gasteiger partial charge >= 0.3 is 0 Å². The highest BCUT2D eigenvalue weighted by Crippen LogP contribution is 2.10. The van der Waals surface area contributed by atoms with Crippen LogP contribution in [-0.2, 0) is 28.4 Å². The second-order valence-corrected chi connectivity index (χ2v) is 8.16. The Balaban J connectivity index is 2.99. The van der Waals surface area contributed by atoms with E-state index in [9.17, 15) is 0 Å². The van der Waals surface area contributed by atoms with Crippen LogP contribution in [0, 0.1) is 0 Å². The third kappa shape index (κ3) is 29.8. The van der Waals surface area contributed by atoms with Gasteiger partial charge in [-0.2, -0.15) is 0 Å². The van der Waals surface area contributed by atoms with Crippen LogP contribution in [0.15, 0.2) is 0 Å². The summed E-state index contributed by atoms with van der Waals surface area (Å²) >= 11 is 0. The Kier molecular flexibility index (Phi) is 27.6. The molecule has 0 aliphatic heterocycles. The van der Waals surface area contributed by atoms with Crippen molar-refractivity contribution in [1.82, 2.24) is 0 Å². The summed E-state index contributed by atoms with van der Waals surface area (Å²) in [4.78, 5) is 0. The Morgan fingerprint density at radius 3 is 1.10 bits per heavy atom. The Morgan fingerprint density at radius 2 is 0.710 bits per heavy atom. The summed E-state index contributed by atoms with van der Waals surface area (Å²) in [5, 5.41) is 0. The van der Waals surface area contributed by atoms with Crippen LogP contribution in [-0.4, -0.2) is 78.8 Å². The molecule has 0 saturated heterocycles. The summed E-state index contributed by atoms with van der Waals surface area (Å²) in [7, 11) is 0. The van der Waals surface area contributed by atoms with Gasteiger partial charge in [0.15, 0.2) is 0 Å². The van der Waals surface area contributed by atoms with E-state index in [4.69, 9.17) is 28.4 Å². The van der Waals surface area contributed by atoms with E-state index in [0.29, 0.717) is 66.1 Å². The summed E-state index contributed by atoms with van der Waals surface area (Å²) in [6.07, 6.45) is 13.8. The number of rotatable bonds is 27. The smallest absolute Gasteiger partial charge is 0.0703 e. The van der Waals surface area contributed by atoms with Crippen LogP contribution in [0.2, 0.25) is 0 Å². The molecule has 6 nitrogen and oxygen atoms in total. The largest absolute Gasteiger partial charge is 0.379 e. The first-order chi connectivity index (χ1) is 15.3. The second kappa shape index (κ2) is 27.8. The van der Waals surface area contributed by atoms with E-state index in [-0.39, 0.29) is 6.10 Å². The van der Waals surface area contributed by atoms with Gasteiger partial charge in [0.1, 0.15) is 0 Å². The summed E-state index contributed by atoms with van der Waals surface area (Å²) in [6, 6.07) is 0. The summed E-state index contributed by atoms with van der Waals surface area (Å²) < 4.78 is 32.8. The van der Waals surface area contributed by atoms with Gasteiger partial charge in [-0.15, -0.1) is 0 Å². The Bertz CT molecular complexity index is 314. The number of hydrogen-bond donors (Lipinski definition) is 0. The molecule has 0 fully saturated rings. The van der Waals surface area contributed by atoms with Crippen LogP contribution in [0.5, 0.6) is 0 Å². The highest BCUT2D eigenvalue weighted by atomic mass is 16.6. The molecule has 0 atom stereocenters. The van der Waals surface area contributed by atoms with Crippen molar-refractivity contribution < 1.29 is 28.4 Å². The van der Waals surface area contributed by atoms with Gasteiger partial charge in [0, 0.05) is 6.61 Å². The lowest BCUT2D eigenvalue weighted by Gasteiger charge is -2.09. The highest BCUT2D eigenvalue weighted by molar-refractivity contribution is 4.47. The molecule has 0 N–H and O–H groups in total. The first kappa shape index (κ1) is 30.8. The van der Waals surface area contributed by atoms with Gasteiger partial charge in [0.25, 0.3) is 0 Å². The van der Waals surface area contributed by atoms with Gasteiger partial charge in [-0.3, -0.25) is 0 Å². The van der Waals surface area contributed by atoms with Crippen LogP contribution in [0.1, 0.15) is 85.0 Å². The lowest BCUT2D eigenvalue weighted by atomic mass is 10.1. The molecule has 0 aliphatic rings. The number of unbranched alkanes of at least 4 members (excludes halogenated alkanes) is 9. The van der Waals surface area contributed by atoms with Crippen molar-refractivity contribution in [2.45, 2.75) is 91.1 Å². The standard InChI is InChI=1S/C25H52O6/c1-4-5-6-7-8-9-10-11-12-13-14-26-15-16-27-17-18-28-19-20-29-21-22-30-23-24-31-25(2)3/h25H,4-24H2,1-3H3. The van der Waals surface area contributed by atoms with Gasteiger partial charge in [0.05, 0.1) is 72.2 Å². The first-order valence-corrected chi connectivity index (χ1v) is 12.8. The lowest BCUT2D eigenvalue weighted by molar-refractivity contribution is -0.0213. The minimum Gasteiger partial charge on any atom is -0.379 e. The van der Waals surface area contributed by atoms with Gasteiger partial charge < -0.3 is 28.4 Å². The summed E-state index contributed by atoms with van der Waals surface area (Å²) in [5.41, 5.74) is 0. The van der Waals surface area contributed by atoms with E-state index in [1.807, 2.05) is 13.8 Å². The van der Waals surface area contributed by atoms with Crippen molar-refractivity contribution in [2.75, 3.05) is 72.7 Å². The third-order valence-electron chi connectivity index (χ3n) is 4.81. The summed E-state index contributed by atoms with van der Waals surface area (Å²) in [5.74, 6) is 0. The van der Waals surface area contributed by atoms with Gasteiger partial charge in [-0.05, 0) is 20.3 Å². The normalized spacial score (nSPS) is 11.6. The van der Waals surface area contributed by atoms with E-state index >= 15 is 0 Å². The highest BCUT2D eigenvalue weighted by Gasteiger charge is 1.96. The van der Waals surface area contributed by atoms with Crippen molar-refractivity contribution in [2.24, 2.45) is 0 Å². The Morgan fingerprint density at radius 1 is 0.387 bits per heavy atom. The van der Waals surface area contributed by atoms with Gasteiger partial charge in [-0.25, -0.2) is 0 Å². The number of ether oxygens (including phenoxy) is 6. The van der Waals surface area contributed by atoms with E-state index in [0.717, 1.165) is 13.0 Å². The molecular weight excluding hydrogens is 396 g/mol. The molecule has 0 rings (SSSR count). The van der Waals surface area contributed by atoms with Crippen molar-refractivity contribution in [3.63, 3.8) is 0 Å². The van der Waals surface area contributed by atoms with Crippen molar-refractivity contribution in [1.29, 1.82) is 0 Å². The van der Waals surface area contributed by atoms with Gasteiger partial charge in [0.2, 0.25) is 0 Å². The molecule has 0 unspecified atom stereocenters. The van der Waals surface area contributed by atoms with E-state index in [1.165, 1.54) is 57.8 Å². The average molecular weight is 449 g/mol. The van der Waals surface area contributed by atoms with Gasteiger partial charge in [-0.1, -0.05) is 64.7 Å². The fourth-order valence-corrected chi connectivity index (χ4v) is 3.02. The molecule has 0 aromatic rings. The molecule has 188 valence electrons. The maximum absolute atomic E-state index is 5.62. The predicted octanol–water partition coefficient (Wildman–Crippen LogP) is 5.42. The van der Waals surface area contributed by atoms with Crippen LogP contribution < -0.4 is 0 Å². The van der Waals surface area contributed by atoms with Crippen LogP contribution in [0.25, 0.3) is 0 Å². The first-order valence-electron chi connectivity index (χ1n) is 12.8. The quantitative estimate of drug-likeness (QED) is 0.157. The maximum Gasteiger partial charge on any atom is 0.0703 e. The van der Waals surface area contributed by atoms with Crippen LogP contribution in [0.4, 0.5) is 0 Å². The maximum atomic E-state index is 5.62. The molecule has 0 aromatic carbocycles. The van der Waals surface area contributed by atoms with Crippen molar-refractivity contribution in [3.8, 4) is 0 Å². The SMILES string of the molecule is CCCCCCCCCCCCOCCOCCOCCOCCOCCOC(C)C. The minimum atomic E-state index is 0.253. The van der Waals surface area contributed by atoms with Crippen molar-refractivity contribution in [3.05, 3.63) is 0 Å². The zero-order valence-electron chi connectivity index (χ0n) is 20.9. The molecule has 0 bridgehead atoms. The lowest BCUT2D eigenvalue weighted by Crippen LogP contribution is -2.14. The zero-order valence-corrected chi connectivity index (χ0v) is 20.9. The fourth-order valence-electron chi connectivity index (χ4n) is 3.02. The summed E-state index contributed by atoms with van der Waals surface area (Å²) in [6.45, 7) is 13.2. The van der Waals surface area contributed by atoms with E-state index in [1.54, 1.807) is 0 Å². The Hall–Kier alpha value is -0.240.